The van der Waals surface area contributed by atoms with Crippen molar-refractivity contribution in [1.29, 1.82) is 0 Å². The first-order chi connectivity index (χ1) is 12.3. The van der Waals surface area contributed by atoms with Crippen LogP contribution in [-0.4, -0.2) is 48.2 Å². The molecule has 0 saturated heterocycles. The van der Waals surface area contributed by atoms with Crippen LogP contribution >= 0.6 is 0 Å². The lowest BCUT2D eigenvalue weighted by molar-refractivity contribution is -0.157. The summed E-state index contributed by atoms with van der Waals surface area (Å²) in [7, 11) is 0. The monoisotopic (exact) mass is 361 g/mol. The number of carbonyl (C=O) groups is 2. The molecule has 0 unspecified atom stereocenters. The van der Waals surface area contributed by atoms with E-state index in [4.69, 9.17) is 14.2 Å². The van der Waals surface area contributed by atoms with Crippen molar-refractivity contribution in [2.75, 3.05) is 13.2 Å². The van der Waals surface area contributed by atoms with Crippen molar-refractivity contribution in [3.05, 3.63) is 29.8 Å². The molecule has 26 heavy (non-hydrogen) atoms. The molecule has 6 nitrogen and oxygen atoms in total. The highest BCUT2D eigenvalue weighted by Gasteiger charge is 2.27. The molecule has 1 atom stereocenters. The van der Waals surface area contributed by atoms with Gasteiger partial charge in [0.1, 0.15) is 13.2 Å². The van der Waals surface area contributed by atoms with E-state index in [0.717, 1.165) is 5.56 Å². The molecule has 1 aromatic carbocycles. The molecule has 0 N–H and O–H groups in total. The minimum atomic E-state index is -0.836. The number of ether oxygens (including phenoxy) is 3. The molecule has 0 saturated carbocycles. The van der Waals surface area contributed by atoms with Crippen LogP contribution in [0, 0.1) is 0 Å². The smallest absolute Gasteiger partial charge is 0.331 e. The van der Waals surface area contributed by atoms with Gasteiger partial charge in [-0.15, -0.1) is 0 Å². The predicted molar refractivity (Wildman–Crippen MR) is 99.1 cm³/mol. The van der Waals surface area contributed by atoms with E-state index in [2.05, 4.69) is 0 Å². The van der Waals surface area contributed by atoms with Crippen LogP contribution in [-0.2, 0) is 14.3 Å². The molecule has 0 aliphatic carbocycles. The fourth-order valence-electron chi connectivity index (χ4n) is 2.91. The van der Waals surface area contributed by atoms with E-state index in [1.165, 1.54) is 6.08 Å². The summed E-state index contributed by atoms with van der Waals surface area (Å²) in [5, 5.41) is 0. The van der Waals surface area contributed by atoms with Crippen LogP contribution in [0.3, 0.4) is 0 Å². The molecule has 1 aliphatic heterocycles. The normalized spacial score (nSPS) is 14.6. The van der Waals surface area contributed by atoms with E-state index in [1.54, 1.807) is 30.0 Å². The van der Waals surface area contributed by atoms with Crippen LogP contribution in [0.2, 0.25) is 0 Å². The van der Waals surface area contributed by atoms with Gasteiger partial charge in [0.25, 0.3) is 5.91 Å². The maximum atomic E-state index is 12.5. The fourth-order valence-corrected chi connectivity index (χ4v) is 2.91. The van der Waals surface area contributed by atoms with Crippen LogP contribution in [0.1, 0.15) is 40.2 Å². The van der Waals surface area contributed by atoms with Gasteiger partial charge in [0.2, 0.25) is 0 Å². The van der Waals surface area contributed by atoms with Crippen LogP contribution in [0.15, 0.2) is 24.3 Å². The van der Waals surface area contributed by atoms with Crippen LogP contribution in [0.4, 0.5) is 0 Å². The van der Waals surface area contributed by atoms with Crippen LogP contribution < -0.4 is 9.47 Å². The third kappa shape index (κ3) is 5.00. The second-order valence-corrected chi connectivity index (χ2v) is 6.75. The van der Waals surface area contributed by atoms with Gasteiger partial charge >= 0.3 is 5.97 Å². The predicted octanol–water partition coefficient (Wildman–Crippen LogP) is 3.05. The summed E-state index contributed by atoms with van der Waals surface area (Å²) in [6.07, 6.45) is 2.10. The first-order valence-corrected chi connectivity index (χ1v) is 8.90. The van der Waals surface area contributed by atoms with E-state index in [-0.39, 0.29) is 18.0 Å². The van der Waals surface area contributed by atoms with Gasteiger partial charge in [0.05, 0.1) is 0 Å². The summed E-state index contributed by atoms with van der Waals surface area (Å²) in [4.78, 5) is 26.2. The van der Waals surface area contributed by atoms with E-state index in [0.29, 0.717) is 24.7 Å². The van der Waals surface area contributed by atoms with E-state index < -0.39 is 12.1 Å². The topological polar surface area (TPSA) is 65.1 Å². The lowest BCUT2D eigenvalue weighted by Gasteiger charge is -2.32. The first-order valence-electron chi connectivity index (χ1n) is 8.90. The maximum absolute atomic E-state index is 12.5. The lowest BCUT2D eigenvalue weighted by atomic mass is 10.2. The van der Waals surface area contributed by atoms with Gasteiger partial charge in [0.15, 0.2) is 17.6 Å². The Balaban J connectivity index is 1.97. The average molecular weight is 361 g/mol. The van der Waals surface area contributed by atoms with Crippen LogP contribution in [0.25, 0.3) is 6.08 Å². The number of hydrogen-bond donors (Lipinski definition) is 0. The SMILES string of the molecule is CC(C)N(C(=O)[C@H](C)OC(=O)/C=C/c1ccc2c(c1)OCCO2)C(C)C. The van der Waals surface area contributed by atoms with E-state index in [9.17, 15) is 9.59 Å². The number of esters is 1. The number of carbonyl (C=O) groups excluding carboxylic acids is 2. The Hall–Kier alpha value is -2.50. The summed E-state index contributed by atoms with van der Waals surface area (Å²) in [5.41, 5.74) is 0.788. The molecular weight excluding hydrogens is 334 g/mol. The molecular formula is C20H27NO5. The lowest BCUT2D eigenvalue weighted by Crippen LogP contribution is -2.47. The molecule has 1 heterocycles. The van der Waals surface area contributed by atoms with Crippen molar-refractivity contribution >= 4 is 18.0 Å². The Labute approximate surface area is 154 Å². The Morgan fingerprint density at radius 2 is 1.65 bits per heavy atom. The quantitative estimate of drug-likeness (QED) is 0.576. The third-order valence-electron chi connectivity index (χ3n) is 3.99. The summed E-state index contributed by atoms with van der Waals surface area (Å²) < 4.78 is 16.2. The Morgan fingerprint density at radius 1 is 1.04 bits per heavy atom. The molecule has 0 radical (unpaired) electrons. The van der Waals surface area contributed by atoms with Gasteiger partial charge < -0.3 is 19.1 Å². The van der Waals surface area contributed by atoms with Crippen molar-refractivity contribution in [2.24, 2.45) is 0 Å². The van der Waals surface area contributed by atoms with Crippen molar-refractivity contribution < 1.29 is 23.8 Å². The molecule has 1 aliphatic rings. The molecule has 0 aromatic heterocycles. The number of hydrogen-bond acceptors (Lipinski definition) is 5. The Kier molecular flexibility index (Phi) is 6.66. The second-order valence-electron chi connectivity index (χ2n) is 6.75. The fraction of sp³-hybridized carbons (Fsp3) is 0.500. The molecule has 0 spiro atoms. The zero-order valence-corrected chi connectivity index (χ0v) is 16.0. The highest BCUT2D eigenvalue weighted by Crippen LogP contribution is 2.31. The first kappa shape index (κ1) is 19.8. The maximum Gasteiger partial charge on any atom is 0.331 e. The van der Waals surface area contributed by atoms with Gasteiger partial charge in [-0.05, 0) is 58.4 Å². The van der Waals surface area contributed by atoms with E-state index in [1.807, 2.05) is 33.8 Å². The standard InChI is InChI=1S/C20H27NO5/c1-13(2)21(14(3)4)20(23)15(5)26-19(22)9-7-16-6-8-17-18(12-16)25-11-10-24-17/h6-9,12-15H,10-11H2,1-5H3/b9-7+/t15-/m0/s1. The van der Waals surface area contributed by atoms with E-state index >= 15 is 0 Å². The van der Waals surface area contributed by atoms with Crippen molar-refractivity contribution in [2.45, 2.75) is 52.8 Å². The molecule has 142 valence electrons. The summed E-state index contributed by atoms with van der Waals surface area (Å²) in [6.45, 7) is 10.4. The minimum absolute atomic E-state index is 0.0388. The molecule has 1 amide bonds. The van der Waals surface area contributed by atoms with Gasteiger partial charge in [0, 0.05) is 18.2 Å². The summed E-state index contributed by atoms with van der Waals surface area (Å²) in [6, 6.07) is 5.50. The molecule has 2 rings (SSSR count). The van der Waals surface area contributed by atoms with Crippen molar-refractivity contribution in [1.82, 2.24) is 4.90 Å². The minimum Gasteiger partial charge on any atom is -0.486 e. The third-order valence-corrected chi connectivity index (χ3v) is 3.99. The average Bonchev–Trinajstić information content (AvgIpc) is 2.59. The Morgan fingerprint density at radius 3 is 2.27 bits per heavy atom. The van der Waals surface area contributed by atoms with Gasteiger partial charge in [-0.3, -0.25) is 4.79 Å². The molecule has 1 aromatic rings. The number of benzene rings is 1. The van der Waals surface area contributed by atoms with Crippen molar-refractivity contribution in [3.8, 4) is 11.5 Å². The second kappa shape index (κ2) is 8.74. The van der Waals surface area contributed by atoms with Gasteiger partial charge in [-0.2, -0.15) is 0 Å². The largest absolute Gasteiger partial charge is 0.486 e. The number of nitrogens with zero attached hydrogens (tertiary/aromatic N) is 1. The highest BCUT2D eigenvalue weighted by atomic mass is 16.6. The van der Waals surface area contributed by atoms with Crippen LogP contribution in [0.5, 0.6) is 11.5 Å². The number of fused-ring (bicyclic) bond motifs is 1. The van der Waals surface area contributed by atoms with Gasteiger partial charge in [-0.1, -0.05) is 6.07 Å². The number of rotatable bonds is 6. The highest BCUT2D eigenvalue weighted by molar-refractivity contribution is 5.90. The zero-order chi connectivity index (χ0) is 19.3. The zero-order valence-electron chi connectivity index (χ0n) is 16.0. The number of amides is 1. The summed E-state index contributed by atoms with van der Waals surface area (Å²) >= 11 is 0. The molecule has 0 fully saturated rings. The molecule has 0 bridgehead atoms. The van der Waals surface area contributed by atoms with Crippen molar-refractivity contribution in [3.63, 3.8) is 0 Å². The molecule has 6 heteroatoms. The van der Waals surface area contributed by atoms with Gasteiger partial charge in [-0.25, -0.2) is 4.79 Å². The Bertz CT molecular complexity index is 673. The summed E-state index contributed by atoms with van der Waals surface area (Å²) in [5.74, 6) is 0.585.